The van der Waals surface area contributed by atoms with Gasteiger partial charge < -0.3 is 0 Å². The van der Waals surface area contributed by atoms with Gasteiger partial charge in [0.1, 0.15) is 0 Å². The zero-order valence-corrected chi connectivity index (χ0v) is 10.9. The monoisotopic (exact) mass is 333 g/mol. The van der Waals surface area contributed by atoms with E-state index in [2.05, 4.69) is 8.13 Å². The predicted molar refractivity (Wildman–Crippen MR) is 62.1 cm³/mol. The average Bonchev–Trinajstić information content (AvgIpc) is 2.37. The summed E-state index contributed by atoms with van der Waals surface area (Å²) in [6.07, 6.45) is -9.64. The van der Waals surface area contributed by atoms with Gasteiger partial charge in [-0.1, -0.05) is 12.1 Å². The van der Waals surface area contributed by atoms with Crippen molar-refractivity contribution in [2.24, 2.45) is 8.13 Å². The maximum atomic E-state index is 13.2. The Bertz CT molecular complexity index is 578. The van der Waals surface area contributed by atoms with Gasteiger partial charge in [-0.15, -0.1) is 3.77 Å². The van der Waals surface area contributed by atoms with Gasteiger partial charge in [-0.25, -0.2) is 4.72 Å². The Balaban J connectivity index is 2.60. The molecule has 1 heterocycles. The predicted octanol–water partition coefficient (Wildman–Crippen LogP) is 4.04. The van der Waals surface area contributed by atoms with Gasteiger partial charge in [-0.05, 0) is 12.1 Å². The van der Waals surface area contributed by atoms with E-state index in [1.807, 2.05) is 4.72 Å². The minimum atomic E-state index is -4.91. The summed E-state index contributed by atoms with van der Waals surface area (Å²) in [7, 11) is 0. The maximum absolute atomic E-state index is 13.2. The van der Waals surface area contributed by atoms with Crippen LogP contribution in [0, 0.1) is 0 Å². The molecule has 1 aliphatic rings. The molecule has 0 radical (unpaired) electrons. The average molecular weight is 333 g/mol. The highest BCUT2D eigenvalue weighted by atomic mass is 32.2. The van der Waals surface area contributed by atoms with E-state index in [-0.39, 0.29) is 11.4 Å². The molecule has 20 heavy (non-hydrogen) atoms. The molecule has 2 rings (SSSR count). The Labute approximate surface area is 116 Å². The lowest BCUT2D eigenvalue weighted by atomic mass is 9.98. The standard InChI is InChI=1S/C9H5F6N3S2/c10-8(11,12)6-3-1-2-5(4-6)7(9(13,14)15)16-19-18-20-17-7/h1-4,16H. The second-order valence-electron chi connectivity index (χ2n) is 3.73. The molecule has 0 spiro atoms. The second kappa shape index (κ2) is 5.04. The minimum absolute atomic E-state index is 0.286. The van der Waals surface area contributed by atoms with Gasteiger partial charge in [0.15, 0.2) is 0 Å². The molecule has 1 aromatic rings. The van der Waals surface area contributed by atoms with Crippen LogP contribution < -0.4 is 4.72 Å². The Kier molecular flexibility index (Phi) is 3.86. The summed E-state index contributed by atoms with van der Waals surface area (Å²) in [6.45, 7) is 0. The van der Waals surface area contributed by atoms with Crippen molar-refractivity contribution in [1.29, 1.82) is 0 Å². The SMILES string of the molecule is FC(F)(F)c1cccc(C2(C(F)(F)F)N=S=NSN2)c1. The van der Waals surface area contributed by atoms with E-state index in [0.717, 1.165) is 12.1 Å². The van der Waals surface area contributed by atoms with Crippen molar-refractivity contribution in [3.05, 3.63) is 35.4 Å². The molecule has 3 nitrogen and oxygen atoms in total. The van der Waals surface area contributed by atoms with Crippen LogP contribution in [-0.2, 0) is 23.2 Å². The number of halogens is 6. The van der Waals surface area contributed by atoms with Gasteiger partial charge in [0.2, 0.25) is 0 Å². The number of rotatable bonds is 1. The third-order valence-corrected chi connectivity index (χ3v) is 3.77. The van der Waals surface area contributed by atoms with Gasteiger partial charge in [0.25, 0.3) is 5.66 Å². The molecule has 110 valence electrons. The zero-order chi connectivity index (χ0) is 15.0. The first-order valence-electron chi connectivity index (χ1n) is 4.93. The summed E-state index contributed by atoms with van der Waals surface area (Å²) < 4.78 is 86.0. The summed E-state index contributed by atoms with van der Waals surface area (Å²) in [6, 6.07) is 2.97. The summed E-state index contributed by atoms with van der Waals surface area (Å²) in [5.41, 5.74) is -4.74. The Morgan fingerprint density at radius 3 is 2.30 bits per heavy atom. The summed E-state index contributed by atoms with van der Waals surface area (Å²) in [5.74, 6) is 0. The summed E-state index contributed by atoms with van der Waals surface area (Å²) in [4.78, 5) is 0. The number of alkyl halides is 6. The van der Waals surface area contributed by atoms with Crippen LogP contribution in [0.5, 0.6) is 0 Å². The number of hydrogen-bond donors (Lipinski definition) is 1. The maximum Gasteiger partial charge on any atom is 0.433 e. The molecule has 0 amide bonds. The van der Waals surface area contributed by atoms with Crippen LogP contribution in [0.3, 0.4) is 0 Å². The molecule has 0 aliphatic carbocycles. The second-order valence-corrected chi connectivity index (χ2v) is 5.06. The molecule has 1 unspecified atom stereocenters. The van der Waals surface area contributed by atoms with Gasteiger partial charge in [-0.3, -0.25) is 0 Å². The third-order valence-electron chi connectivity index (χ3n) is 2.46. The van der Waals surface area contributed by atoms with Crippen molar-refractivity contribution in [2.45, 2.75) is 18.0 Å². The van der Waals surface area contributed by atoms with Crippen LogP contribution in [0.2, 0.25) is 0 Å². The molecule has 11 heteroatoms. The number of nitrogens with one attached hydrogen (secondary N) is 1. The normalized spacial score (nSPS) is 23.5. The third kappa shape index (κ3) is 2.69. The highest BCUT2D eigenvalue weighted by Crippen LogP contribution is 2.44. The van der Waals surface area contributed by atoms with Gasteiger partial charge in [0.05, 0.1) is 29.1 Å². The van der Waals surface area contributed by atoms with Gasteiger partial charge >= 0.3 is 12.4 Å². The summed E-state index contributed by atoms with van der Waals surface area (Å²) >= 11 is 0.666. The highest BCUT2D eigenvalue weighted by molar-refractivity contribution is 7.99. The Morgan fingerprint density at radius 2 is 1.80 bits per heavy atom. The molecule has 1 atom stereocenters. The molecule has 0 saturated carbocycles. The zero-order valence-electron chi connectivity index (χ0n) is 9.29. The first-order valence-corrected chi connectivity index (χ1v) is 6.43. The van der Waals surface area contributed by atoms with Crippen molar-refractivity contribution >= 4 is 23.5 Å². The van der Waals surface area contributed by atoms with E-state index < -0.39 is 29.1 Å². The van der Waals surface area contributed by atoms with Crippen molar-refractivity contribution in [3.63, 3.8) is 0 Å². The molecular weight excluding hydrogens is 328 g/mol. The van der Waals surface area contributed by atoms with Crippen molar-refractivity contribution in [1.82, 2.24) is 4.72 Å². The van der Waals surface area contributed by atoms with E-state index >= 15 is 0 Å². The van der Waals surface area contributed by atoms with Crippen molar-refractivity contribution in [2.75, 3.05) is 0 Å². The van der Waals surface area contributed by atoms with E-state index in [4.69, 9.17) is 0 Å². The molecule has 0 saturated heterocycles. The van der Waals surface area contributed by atoms with Gasteiger partial charge in [0, 0.05) is 5.56 Å². The van der Waals surface area contributed by atoms with Crippen LogP contribution in [0.25, 0.3) is 0 Å². The molecule has 0 bridgehead atoms. The van der Waals surface area contributed by atoms with Crippen LogP contribution in [0.4, 0.5) is 26.3 Å². The lowest BCUT2D eigenvalue weighted by Gasteiger charge is -2.32. The van der Waals surface area contributed by atoms with Gasteiger partial charge in [-0.2, -0.15) is 30.7 Å². The van der Waals surface area contributed by atoms with E-state index in [0.29, 0.717) is 24.3 Å². The van der Waals surface area contributed by atoms with Crippen LogP contribution in [0.1, 0.15) is 11.1 Å². The Morgan fingerprint density at radius 1 is 1.10 bits per heavy atom. The fourth-order valence-corrected chi connectivity index (χ4v) is 2.77. The fourth-order valence-electron chi connectivity index (χ4n) is 1.50. The number of hydrogen-bond acceptors (Lipinski definition) is 4. The largest absolute Gasteiger partial charge is 0.433 e. The van der Waals surface area contributed by atoms with E-state index in [1.165, 1.54) is 0 Å². The first kappa shape index (κ1) is 15.3. The van der Waals surface area contributed by atoms with E-state index in [9.17, 15) is 26.3 Å². The quantitative estimate of drug-likeness (QED) is 0.622. The molecule has 1 aliphatic heterocycles. The number of benzene rings is 1. The lowest BCUT2D eigenvalue weighted by molar-refractivity contribution is -0.191. The van der Waals surface area contributed by atoms with Crippen LogP contribution >= 0.6 is 12.1 Å². The highest BCUT2D eigenvalue weighted by Gasteiger charge is 2.58. The topological polar surface area (TPSA) is 36.8 Å². The minimum Gasteiger partial charge on any atom is -0.205 e. The van der Waals surface area contributed by atoms with E-state index in [1.54, 1.807) is 0 Å². The first-order chi connectivity index (χ1) is 9.17. The molecular formula is C9H5F6N3S2. The fraction of sp³-hybridized carbons (Fsp3) is 0.333. The smallest absolute Gasteiger partial charge is 0.205 e. The molecule has 1 N–H and O–H groups in total. The number of nitrogens with zero attached hydrogens (tertiary/aromatic N) is 2. The van der Waals surface area contributed by atoms with Crippen LogP contribution in [-0.4, -0.2) is 6.18 Å². The van der Waals surface area contributed by atoms with Crippen LogP contribution in [0.15, 0.2) is 32.4 Å². The molecule has 0 fully saturated rings. The van der Waals surface area contributed by atoms with Crippen molar-refractivity contribution in [3.8, 4) is 0 Å². The molecule has 1 aromatic carbocycles. The van der Waals surface area contributed by atoms with Crippen molar-refractivity contribution < 1.29 is 26.3 Å². The Hall–Kier alpha value is -1.07. The lowest BCUT2D eigenvalue weighted by Crippen LogP contribution is -2.50. The summed E-state index contributed by atoms with van der Waals surface area (Å²) in [5, 5.41) is 0. The molecule has 0 aromatic heterocycles.